The van der Waals surface area contributed by atoms with Gasteiger partial charge in [0.1, 0.15) is 17.5 Å². The van der Waals surface area contributed by atoms with Crippen LogP contribution in [0.3, 0.4) is 0 Å². The highest BCUT2D eigenvalue weighted by atomic mass is 16.5. The Morgan fingerprint density at radius 1 is 1.07 bits per heavy atom. The van der Waals surface area contributed by atoms with Crippen LogP contribution in [-0.4, -0.2) is 43.0 Å². The van der Waals surface area contributed by atoms with Crippen molar-refractivity contribution in [1.82, 2.24) is 10.2 Å². The van der Waals surface area contributed by atoms with Crippen molar-refractivity contribution in [1.29, 1.82) is 0 Å². The number of hydrogen-bond acceptors (Lipinski definition) is 4. The van der Waals surface area contributed by atoms with Crippen molar-refractivity contribution in [2.45, 2.75) is 46.2 Å². The van der Waals surface area contributed by atoms with Crippen LogP contribution in [0, 0.1) is 6.92 Å². The number of rotatable bonds is 11. The van der Waals surface area contributed by atoms with Crippen molar-refractivity contribution in [3.05, 3.63) is 59.7 Å². The van der Waals surface area contributed by atoms with Crippen molar-refractivity contribution in [2.24, 2.45) is 0 Å². The molecule has 0 aliphatic rings. The number of benzene rings is 2. The molecule has 0 heterocycles. The first kappa shape index (κ1) is 23.3. The van der Waals surface area contributed by atoms with Gasteiger partial charge in [0, 0.05) is 13.1 Å². The lowest BCUT2D eigenvalue weighted by molar-refractivity contribution is -0.143. The third-order valence-electron chi connectivity index (χ3n) is 4.89. The second-order valence-electron chi connectivity index (χ2n) is 7.14. The molecule has 2 aromatic rings. The van der Waals surface area contributed by atoms with Gasteiger partial charge in [-0.05, 0) is 49.1 Å². The summed E-state index contributed by atoms with van der Waals surface area (Å²) >= 11 is 0. The summed E-state index contributed by atoms with van der Waals surface area (Å²) in [5.41, 5.74) is 1.88. The summed E-state index contributed by atoms with van der Waals surface area (Å²) in [6.45, 7) is 6.61. The van der Waals surface area contributed by atoms with Gasteiger partial charge in [-0.25, -0.2) is 0 Å². The molecule has 30 heavy (non-hydrogen) atoms. The van der Waals surface area contributed by atoms with Crippen LogP contribution in [0.2, 0.25) is 0 Å². The maximum absolute atomic E-state index is 13.1. The maximum atomic E-state index is 13.1. The predicted octanol–water partition coefficient (Wildman–Crippen LogP) is 3.72. The zero-order valence-corrected chi connectivity index (χ0v) is 18.3. The van der Waals surface area contributed by atoms with Crippen LogP contribution in [-0.2, 0) is 16.1 Å². The van der Waals surface area contributed by atoms with Gasteiger partial charge in [-0.15, -0.1) is 0 Å². The van der Waals surface area contributed by atoms with Crippen LogP contribution in [0.1, 0.15) is 37.8 Å². The van der Waals surface area contributed by atoms with E-state index in [9.17, 15) is 9.59 Å². The van der Waals surface area contributed by atoms with Crippen LogP contribution in [0.15, 0.2) is 48.5 Å². The molecule has 2 amide bonds. The average Bonchev–Trinajstić information content (AvgIpc) is 2.77. The summed E-state index contributed by atoms with van der Waals surface area (Å²) in [6.07, 6.45) is 1.35. The molecule has 1 N–H and O–H groups in total. The smallest absolute Gasteiger partial charge is 0.261 e. The maximum Gasteiger partial charge on any atom is 0.261 e. The van der Waals surface area contributed by atoms with Crippen molar-refractivity contribution in [3.8, 4) is 11.5 Å². The van der Waals surface area contributed by atoms with Crippen molar-refractivity contribution < 1.29 is 19.1 Å². The summed E-state index contributed by atoms with van der Waals surface area (Å²) in [5, 5.41) is 2.91. The average molecular weight is 413 g/mol. The Bertz CT molecular complexity index is 820. The number of ether oxygens (including phenoxy) is 2. The zero-order valence-electron chi connectivity index (χ0n) is 18.3. The van der Waals surface area contributed by atoms with E-state index in [0.717, 1.165) is 23.3 Å². The van der Waals surface area contributed by atoms with Gasteiger partial charge in [0.25, 0.3) is 5.91 Å². The van der Waals surface area contributed by atoms with Crippen LogP contribution in [0.25, 0.3) is 0 Å². The van der Waals surface area contributed by atoms with Gasteiger partial charge in [-0.1, -0.05) is 44.2 Å². The van der Waals surface area contributed by atoms with Crippen LogP contribution in [0.5, 0.6) is 11.5 Å². The third-order valence-corrected chi connectivity index (χ3v) is 4.89. The van der Waals surface area contributed by atoms with E-state index >= 15 is 0 Å². The second kappa shape index (κ2) is 11.9. The molecular weight excluding hydrogens is 380 g/mol. The predicted molar refractivity (Wildman–Crippen MR) is 118 cm³/mol. The van der Waals surface area contributed by atoms with Gasteiger partial charge in [0.2, 0.25) is 5.91 Å². The summed E-state index contributed by atoms with van der Waals surface area (Å²) in [5.74, 6) is 1.04. The summed E-state index contributed by atoms with van der Waals surface area (Å²) in [4.78, 5) is 27.5. The number of para-hydroxylation sites is 1. The molecule has 2 aromatic carbocycles. The van der Waals surface area contributed by atoms with E-state index in [1.54, 1.807) is 12.0 Å². The molecule has 162 valence electrons. The van der Waals surface area contributed by atoms with Gasteiger partial charge in [0.05, 0.1) is 7.11 Å². The Kier molecular flexibility index (Phi) is 9.19. The lowest BCUT2D eigenvalue weighted by Gasteiger charge is -2.30. The van der Waals surface area contributed by atoms with E-state index in [2.05, 4.69) is 5.32 Å². The molecule has 0 aromatic heterocycles. The molecular formula is C24H32N2O4. The molecule has 0 saturated carbocycles. The Morgan fingerprint density at radius 3 is 2.37 bits per heavy atom. The molecule has 0 aliphatic carbocycles. The molecule has 1 atom stereocenters. The second-order valence-corrected chi connectivity index (χ2v) is 7.14. The van der Waals surface area contributed by atoms with E-state index in [1.807, 2.05) is 69.3 Å². The number of amides is 2. The first-order valence-corrected chi connectivity index (χ1v) is 10.4. The van der Waals surface area contributed by atoms with Crippen LogP contribution >= 0.6 is 0 Å². The number of carbonyl (C=O) groups is 2. The minimum absolute atomic E-state index is 0.126. The molecule has 0 bridgehead atoms. The molecule has 0 fully saturated rings. The molecule has 6 nitrogen and oxygen atoms in total. The number of aryl methyl sites for hydroxylation is 1. The zero-order chi connectivity index (χ0) is 21.9. The highest BCUT2D eigenvalue weighted by Gasteiger charge is 2.28. The lowest BCUT2D eigenvalue weighted by Crippen LogP contribution is -2.50. The quantitative estimate of drug-likeness (QED) is 0.611. The van der Waals surface area contributed by atoms with E-state index in [0.29, 0.717) is 25.3 Å². The van der Waals surface area contributed by atoms with Crippen molar-refractivity contribution in [3.63, 3.8) is 0 Å². The number of carbonyl (C=O) groups excluding carboxylic acids is 2. The van der Waals surface area contributed by atoms with E-state index in [-0.39, 0.29) is 18.4 Å². The van der Waals surface area contributed by atoms with Crippen molar-refractivity contribution in [2.75, 3.05) is 20.3 Å². The van der Waals surface area contributed by atoms with Gasteiger partial charge >= 0.3 is 0 Å². The van der Waals surface area contributed by atoms with Gasteiger partial charge in [-0.2, -0.15) is 0 Å². The lowest BCUT2D eigenvalue weighted by atomic mass is 10.1. The van der Waals surface area contributed by atoms with Crippen LogP contribution in [0.4, 0.5) is 0 Å². The molecule has 0 saturated heterocycles. The largest absolute Gasteiger partial charge is 0.497 e. The molecule has 6 heteroatoms. The first-order chi connectivity index (χ1) is 14.5. The summed E-state index contributed by atoms with van der Waals surface area (Å²) < 4.78 is 11.0. The molecule has 2 rings (SSSR count). The monoisotopic (exact) mass is 412 g/mol. The normalized spacial score (nSPS) is 11.5. The Morgan fingerprint density at radius 2 is 1.77 bits per heavy atom. The van der Waals surface area contributed by atoms with Crippen LogP contribution < -0.4 is 14.8 Å². The fourth-order valence-electron chi connectivity index (χ4n) is 3.15. The standard InChI is InChI=1S/C24H32N2O4/c1-5-15-25-24(28)21(6-2)26(16-19-11-13-20(29-4)14-12-19)23(27)17-30-22-10-8-7-9-18(22)3/h7-14,21H,5-6,15-17H2,1-4H3,(H,25,28). The highest BCUT2D eigenvalue weighted by Crippen LogP contribution is 2.19. The van der Waals surface area contributed by atoms with E-state index < -0.39 is 6.04 Å². The SMILES string of the molecule is CCCNC(=O)C(CC)N(Cc1ccc(OC)cc1)C(=O)COc1ccccc1C. The molecule has 1 unspecified atom stereocenters. The van der Waals surface area contributed by atoms with Gasteiger partial charge in [-0.3, -0.25) is 9.59 Å². The summed E-state index contributed by atoms with van der Waals surface area (Å²) in [6, 6.07) is 14.5. The van der Waals surface area contributed by atoms with E-state index in [1.165, 1.54) is 0 Å². The first-order valence-electron chi connectivity index (χ1n) is 10.4. The number of hydrogen-bond donors (Lipinski definition) is 1. The van der Waals surface area contributed by atoms with Gasteiger partial charge < -0.3 is 19.7 Å². The molecule has 0 radical (unpaired) electrons. The number of methoxy groups -OCH3 is 1. The summed E-state index contributed by atoms with van der Waals surface area (Å²) in [7, 11) is 1.61. The molecule has 0 aliphatic heterocycles. The number of nitrogens with zero attached hydrogens (tertiary/aromatic N) is 1. The van der Waals surface area contributed by atoms with Crippen molar-refractivity contribution >= 4 is 11.8 Å². The Hall–Kier alpha value is -3.02. The minimum Gasteiger partial charge on any atom is -0.497 e. The third kappa shape index (κ3) is 6.51. The number of nitrogens with one attached hydrogen (secondary N) is 1. The van der Waals surface area contributed by atoms with E-state index in [4.69, 9.17) is 9.47 Å². The topological polar surface area (TPSA) is 67.9 Å². The Balaban J connectivity index is 2.20. The fraction of sp³-hybridized carbons (Fsp3) is 0.417. The minimum atomic E-state index is -0.563. The molecule has 0 spiro atoms. The highest BCUT2D eigenvalue weighted by molar-refractivity contribution is 5.88. The van der Waals surface area contributed by atoms with Gasteiger partial charge in [0.15, 0.2) is 6.61 Å². The Labute approximate surface area is 179 Å². The fourth-order valence-corrected chi connectivity index (χ4v) is 3.15.